The van der Waals surface area contributed by atoms with Crippen molar-refractivity contribution in [1.82, 2.24) is 14.7 Å². The van der Waals surface area contributed by atoms with Crippen molar-refractivity contribution in [3.8, 4) is 0 Å². The predicted molar refractivity (Wildman–Crippen MR) is 74.1 cm³/mol. The molecule has 1 atom stereocenters. The molecule has 108 valence electrons. The Hall–Kier alpha value is -0.910. The van der Waals surface area contributed by atoms with E-state index in [9.17, 15) is 0 Å². The van der Waals surface area contributed by atoms with Crippen LogP contribution in [0.25, 0.3) is 0 Å². The standard InChI is InChI=1S/C14H25N3O2/c1-12(2)17-10-13(8-15-17)9-16-5-7-19-14(11-16)4-6-18-3/h8,10,12,14H,4-7,9,11H2,1-3H3/t14-/m1/s1. The highest BCUT2D eigenvalue weighted by molar-refractivity contribution is 5.04. The molecule has 1 aliphatic rings. The molecule has 1 aliphatic heterocycles. The maximum Gasteiger partial charge on any atom is 0.0724 e. The van der Waals surface area contributed by atoms with Crippen molar-refractivity contribution in [1.29, 1.82) is 0 Å². The summed E-state index contributed by atoms with van der Waals surface area (Å²) in [5.74, 6) is 0. The SMILES string of the molecule is COCC[C@@H]1CN(Cc2cnn(C(C)C)c2)CCO1. The van der Waals surface area contributed by atoms with E-state index in [1.54, 1.807) is 7.11 Å². The van der Waals surface area contributed by atoms with E-state index in [2.05, 4.69) is 30.0 Å². The van der Waals surface area contributed by atoms with Crippen LogP contribution >= 0.6 is 0 Å². The second-order valence-corrected chi connectivity index (χ2v) is 5.43. The zero-order valence-corrected chi connectivity index (χ0v) is 12.2. The molecule has 0 saturated carbocycles. The molecule has 1 fully saturated rings. The molecule has 0 unspecified atom stereocenters. The molecule has 0 N–H and O–H groups in total. The number of hydrogen-bond donors (Lipinski definition) is 0. The predicted octanol–water partition coefficient (Wildman–Crippen LogP) is 1.70. The van der Waals surface area contributed by atoms with Crippen LogP contribution in [0.5, 0.6) is 0 Å². The van der Waals surface area contributed by atoms with Gasteiger partial charge in [0.25, 0.3) is 0 Å². The Morgan fingerprint density at radius 2 is 2.37 bits per heavy atom. The average Bonchev–Trinajstić information content (AvgIpc) is 2.85. The molecule has 19 heavy (non-hydrogen) atoms. The lowest BCUT2D eigenvalue weighted by Gasteiger charge is -2.32. The van der Waals surface area contributed by atoms with Gasteiger partial charge in [0.1, 0.15) is 0 Å². The summed E-state index contributed by atoms with van der Waals surface area (Å²) >= 11 is 0. The number of rotatable bonds is 6. The van der Waals surface area contributed by atoms with E-state index in [-0.39, 0.29) is 0 Å². The zero-order chi connectivity index (χ0) is 13.7. The largest absolute Gasteiger partial charge is 0.385 e. The molecule has 2 rings (SSSR count). The van der Waals surface area contributed by atoms with Crippen LogP contribution in [0.1, 0.15) is 31.9 Å². The van der Waals surface area contributed by atoms with E-state index in [1.807, 2.05) is 10.9 Å². The lowest BCUT2D eigenvalue weighted by Crippen LogP contribution is -2.42. The van der Waals surface area contributed by atoms with Crippen LogP contribution in [0, 0.1) is 0 Å². The third kappa shape index (κ3) is 4.30. The highest BCUT2D eigenvalue weighted by Crippen LogP contribution is 2.13. The Balaban J connectivity index is 1.84. The van der Waals surface area contributed by atoms with Crippen molar-refractivity contribution in [2.45, 2.75) is 39.0 Å². The van der Waals surface area contributed by atoms with Gasteiger partial charge in [0.15, 0.2) is 0 Å². The van der Waals surface area contributed by atoms with E-state index < -0.39 is 0 Å². The molecule has 1 aromatic rings. The third-order valence-corrected chi connectivity index (χ3v) is 3.46. The van der Waals surface area contributed by atoms with Gasteiger partial charge >= 0.3 is 0 Å². The molecule has 0 spiro atoms. The number of aromatic nitrogens is 2. The van der Waals surface area contributed by atoms with Gasteiger partial charge in [-0.1, -0.05) is 0 Å². The van der Waals surface area contributed by atoms with Gasteiger partial charge < -0.3 is 9.47 Å². The molecule has 0 radical (unpaired) electrons. The number of hydrogen-bond acceptors (Lipinski definition) is 4. The first kappa shape index (κ1) is 14.5. The van der Waals surface area contributed by atoms with Gasteiger partial charge in [-0.15, -0.1) is 0 Å². The molecule has 0 aliphatic carbocycles. The smallest absolute Gasteiger partial charge is 0.0724 e. The summed E-state index contributed by atoms with van der Waals surface area (Å²) in [6, 6.07) is 0.424. The molecule has 1 aromatic heterocycles. The fourth-order valence-electron chi connectivity index (χ4n) is 2.35. The second kappa shape index (κ2) is 7.03. The molecule has 0 bridgehead atoms. The van der Waals surface area contributed by atoms with Crippen LogP contribution in [-0.2, 0) is 16.0 Å². The first-order valence-corrected chi connectivity index (χ1v) is 7.05. The molecular weight excluding hydrogens is 242 g/mol. The Morgan fingerprint density at radius 1 is 1.53 bits per heavy atom. The number of methoxy groups -OCH3 is 1. The monoisotopic (exact) mass is 267 g/mol. The summed E-state index contributed by atoms with van der Waals surface area (Å²) in [6.45, 7) is 8.81. The molecule has 5 nitrogen and oxygen atoms in total. The summed E-state index contributed by atoms with van der Waals surface area (Å²) in [5, 5.41) is 4.39. The fraction of sp³-hybridized carbons (Fsp3) is 0.786. The lowest BCUT2D eigenvalue weighted by molar-refractivity contribution is -0.0432. The number of nitrogens with zero attached hydrogens (tertiary/aromatic N) is 3. The molecule has 1 saturated heterocycles. The molecule has 2 heterocycles. The first-order valence-electron chi connectivity index (χ1n) is 7.05. The van der Waals surface area contributed by atoms with Crippen LogP contribution in [0.3, 0.4) is 0 Å². The van der Waals surface area contributed by atoms with Crippen LogP contribution in [0.2, 0.25) is 0 Å². The molecule has 5 heteroatoms. The van der Waals surface area contributed by atoms with Crippen molar-refractivity contribution < 1.29 is 9.47 Å². The summed E-state index contributed by atoms with van der Waals surface area (Å²) in [7, 11) is 1.74. The van der Waals surface area contributed by atoms with Crippen molar-refractivity contribution in [2.24, 2.45) is 0 Å². The first-order chi connectivity index (χ1) is 9.19. The maximum atomic E-state index is 5.75. The van der Waals surface area contributed by atoms with Crippen molar-refractivity contribution >= 4 is 0 Å². The average molecular weight is 267 g/mol. The van der Waals surface area contributed by atoms with Gasteiger partial charge in [0, 0.05) is 51.2 Å². The second-order valence-electron chi connectivity index (χ2n) is 5.43. The Labute approximate surface area is 115 Å². The lowest BCUT2D eigenvalue weighted by atomic mass is 10.2. The van der Waals surface area contributed by atoms with Crippen molar-refractivity contribution in [2.75, 3.05) is 33.4 Å². The number of morpholine rings is 1. The zero-order valence-electron chi connectivity index (χ0n) is 12.2. The Morgan fingerprint density at radius 3 is 3.05 bits per heavy atom. The van der Waals surface area contributed by atoms with Crippen molar-refractivity contribution in [3.05, 3.63) is 18.0 Å². The number of ether oxygens (including phenoxy) is 2. The summed E-state index contributed by atoms with van der Waals surface area (Å²) in [5.41, 5.74) is 1.28. The minimum Gasteiger partial charge on any atom is -0.385 e. The molecule has 0 amide bonds. The van der Waals surface area contributed by atoms with Gasteiger partial charge in [-0.2, -0.15) is 5.10 Å². The topological polar surface area (TPSA) is 39.5 Å². The molecule has 0 aromatic carbocycles. The summed E-state index contributed by atoms with van der Waals surface area (Å²) in [4.78, 5) is 2.44. The molecular formula is C14H25N3O2. The van der Waals surface area contributed by atoms with E-state index >= 15 is 0 Å². The van der Waals surface area contributed by atoms with Gasteiger partial charge in [0.2, 0.25) is 0 Å². The van der Waals surface area contributed by atoms with Crippen LogP contribution in [0.4, 0.5) is 0 Å². The summed E-state index contributed by atoms with van der Waals surface area (Å²) in [6.07, 6.45) is 5.39. The fourth-order valence-corrected chi connectivity index (χ4v) is 2.35. The van der Waals surface area contributed by atoms with E-state index in [1.165, 1.54) is 5.56 Å². The van der Waals surface area contributed by atoms with Gasteiger partial charge in [0.05, 0.1) is 18.9 Å². The van der Waals surface area contributed by atoms with Crippen LogP contribution in [-0.4, -0.2) is 54.2 Å². The minimum absolute atomic E-state index is 0.300. The quantitative estimate of drug-likeness (QED) is 0.786. The minimum atomic E-state index is 0.300. The van der Waals surface area contributed by atoms with Gasteiger partial charge in [-0.3, -0.25) is 9.58 Å². The van der Waals surface area contributed by atoms with E-state index in [0.29, 0.717) is 12.1 Å². The van der Waals surface area contributed by atoms with Crippen LogP contribution in [0.15, 0.2) is 12.4 Å². The Kier molecular flexibility index (Phi) is 5.36. The van der Waals surface area contributed by atoms with Crippen molar-refractivity contribution in [3.63, 3.8) is 0 Å². The van der Waals surface area contributed by atoms with Gasteiger partial charge in [-0.05, 0) is 20.3 Å². The van der Waals surface area contributed by atoms with Crippen LogP contribution < -0.4 is 0 Å². The normalized spacial score (nSPS) is 21.2. The highest BCUT2D eigenvalue weighted by Gasteiger charge is 2.20. The Bertz CT molecular complexity index is 379. The summed E-state index contributed by atoms with van der Waals surface area (Å²) < 4.78 is 12.9. The van der Waals surface area contributed by atoms with E-state index in [0.717, 1.165) is 39.3 Å². The van der Waals surface area contributed by atoms with E-state index in [4.69, 9.17) is 9.47 Å². The maximum absolute atomic E-state index is 5.75. The van der Waals surface area contributed by atoms with Gasteiger partial charge in [-0.25, -0.2) is 0 Å². The highest BCUT2D eigenvalue weighted by atomic mass is 16.5. The third-order valence-electron chi connectivity index (χ3n) is 3.46.